The van der Waals surface area contributed by atoms with Gasteiger partial charge in [-0.25, -0.2) is 0 Å². The highest BCUT2D eigenvalue weighted by molar-refractivity contribution is 9.10. The van der Waals surface area contributed by atoms with Crippen molar-refractivity contribution in [1.82, 2.24) is 0 Å². The van der Waals surface area contributed by atoms with E-state index in [0.717, 1.165) is 10.2 Å². The van der Waals surface area contributed by atoms with Crippen LogP contribution in [0.3, 0.4) is 0 Å². The van der Waals surface area contributed by atoms with Crippen LogP contribution in [0.25, 0.3) is 0 Å². The van der Waals surface area contributed by atoms with Gasteiger partial charge in [-0.1, -0.05) is 22.0 Å². The Morgan fingerprint density at radius 3 is 2.67 bits per heavy atom. The first-order valence-corrected chi connectivity index (χ1v) is 3.34. The van der Waals surface area contributed by atoms with Crippen LogP contribution in [0.1, 0.15) is 0 Å². The van der Waals surface area contributed by atoms with E-state index in [1.807, 2.05) is 24.3 Å². The van der Waals surface area contributed by atoms with Gasteiger partial charge in [-0.3, -0.25) is 0 Å². The van der Waals surface area contributed by atoms with E-state index >= 15 is 0 Å². The van der Waals surface area contributed by atoms with E-state index in [1.54, 1.807) is 0 Å². The molecule has 0 atom stereocenters. The molecule has 0 fully saturated rings. The van der Waals surface area contributed by atoms with Crippen molar-refractivity contribution in [2.24, 2.45) is 0 Å². The summed E-state index contributed by atoms with van der Waals surface area (Å²) in [4.78, 5) is 0. The topological polar surface area (TPSA) is 12.0 Å². The van der Waals surface area contributed by atoms with Crippen molar-refractivity contribution >= 4 is 21.6 Å². The summed E-state index contributed by atoms with van der Waals surface area (Å²) in [7, 11) is 5.15. The molecule has 0 aliphatic carbocycles. The van der Waals surface area contributed by atoms with Gasteiger partial charge in [0.05, 0.1) is 7.05 Å². The van der Waals surface area contributed by atoms with Crippen LogP contribution in [-0.2, 0) is 0 Å². The molecule has 0 aliphatic heterocycles. The second-order valence-electron chi connectivity index (χ2n) is 1.65. The van der Waals surface area contributed by atoms with E-state index in [4.69, 9.17) is 7.05 Å². The number of hydrogen-bond acceptors (Lipinski definition) is 1. The van der Waals surface area contributed by atoms with Crippen LogP contribution >= 0.6 is 15.9 Å². The van der Waals surface area contributed by atoms with Crippen LogP contribution in [0.5, 0.6) is 0 Å². The highest BCUT2D eigenvalue weighted by Crippen LogP contribution is 2.14. The summed E-state index contributed by atoms with van der Waals surface area (Å²) in [6.45, 7) is 0. The van der Waals surface area contributed by atoms with E-state index in [2.05, 4.69) is 21.2 Å². The molecule has 0 spiro atoms. The standard InChI is InChI=1S/C7H6BrN/c1-9-7-4-2-3-6(8)5-7/h1-5,9H. The fraction of sp³-hybridized carbons (Fsp3) is 0. The molecule has 0 amide bonds. The number of hydrogen-bond donors (Lipinski definition) is 1. The number of halogens is 1. The third-order valence-corrected chi connectivity index (χ3v) is 1.48. The molecule has 1 rings (SSSR count). The smallest absolute Gasteiger partial charge is 0.0705 e. The minimum Gasteiger partial charge on any atom is -0.378 e. The summed E-state index contributed by atoms with van der Waals surface area (Å²) in [5.74, 6) is 0. The van der Waals surface area contributed by atoms with Crippen molar-refractivity contribution in [3.63, 3.8) is 0 Å². The molecular weight excluding hydrogens is 178 g/mol. The van der Waals surface area contributed by atoms with Crippen LogP contribution in [-0.4, -0.2) is 0 Å². The SMILES string of the molecule is [CH]Nc1cccc(Br)c1. The predicted molar refractivity (Wildman–Crippen MR) is 42.1 cm³/mol. The molecule has 0 aromatic heterocycles. The Hall–Kier alpha value is -0.500. The summed E-state index contributed by atoms with van der Waals surface area (Å²) >= 11 is 3.31. The van der Waals surface area contributed by atoms with E-state index in [1.165, 1.54) is 0 Å². The summed E-state index contributed by atoms with van der Waals surface area (Å²) in [5.41, 5.74) is 0.907. The van der Waals surface area contributed by atoms with Crippen LogP contribution in [0.4, 0.5) is 5.69 Å². The lowest BCUT2D eigenvalue weighted by atomic mass is 10.3. The first-order valence-electron chi connectivity index (χ1n) is 2.55. The third-order valence-electron chi connectivity index (χ3n) is 0.991. The van der Waals surface area contributed by atoms with Gasteiger partial charge < -0.3 is 5.32 Å². The van der Waals surface area contributed by atoms with Gasteiger partial charge in [0.15, 0.2) is 0 Å². The Morgan fingerprint density at radius 1 is 1.44 bits per heavy atom. The van der Waals surface area contributed by atoms with Crippen molar-refractivity contribution in [1.29, 1.82) is 0 Å². The summed E-state index contributed by atoms with van der Waals surface area (Å²) in [6.07, 6.45) is 0. The largest absolute Gasteiger partial charge is 0.378 e. The predicted octanol–water partition coefficient (Wildman–Crippen LogP) is 2.53. The highest BCUT2D eigenvalue weighted by atomic mass is 79.9. The molecule has 1 aromatic rings. The lowest BCUT2D eigenvalue weighted by Gasteiger charge is -1.96. The first kappa shape index (κ1) is 6.62. The van der Waals surface area contributed by atoms with E-state index in [9.17, 15) is 0 Å². The summed E-state index contributed by atoms with van der Waals surface area (Å²) in [5, 5.41) is 2.54. The van der Waals surface area contributed by atoms with Gasteiger partial charge in [-0.05, 0) is 18.2 Å². The minimum atomic E-state index is 0.907. The zero-order valence-electron chi connectivity index (χ0n) is 4.76. The Kier molecular flexibility index (Phi) is 2.11. The van der Waals surface area contributed by atoms with E-state index in [-0.39, 0.29) is 0 Å². The van der Waals surface area contributed by atoms with E-state index in [0.29, 0.717) is 0 Å². The Balaban J connectivity index is 2.94. The monoisotopic (exact) mass is 183 g/mol. The molecule has 9 heavy (non-hydrogen) atoms. The maximum Gasteiger partial charge on any atom is 0.0705 e. The van der Waals surface area contributed by atoms with E-state index < -0.39 is 0 Å². The molecular formula is C7H6BrN. The normalized spacial score (nSPS) is 9.11. The van der Waals surface area contributed by atoms with Crippen molar-refractivity contribution in [3.05, 3.63) is 35.8 Å². The third kappa shape index (κ3) is 1.72. The molecule has 0 aliphatic rings. The molecule has 0 heterocycles. The fourth-order valence-corrected chi connectivity index (χ4v) is 0.978. The van der Waals surface area contributed by atoms with Gasteiger partial charge in [0.25, 0.3) is 0 Å². The van der Waals surface area contributed by atoms with Gasteiger partial charge in [0.2, 0.25) is 0 Å². The van der Waals surface area contributed by atoms with Crippen LogP contribution in [0.15, 0.2) is 28.7 Å². The van der Waals surface area contributed by atoms with Crippen LogP contribution in [0, 0.1) is 7.05 Å². The maximum absolute atomic E-state index is 5.15. The van der Waals surface area contributed by atoms with Crippen LogP contribution in [0.2, 0.25) is 0 Å². The molecule has 1 nitrogen and oxygen atoms in total. The second-order valence-corrected chi connectivity index (χ2v) is 2.57. The molecule has 0 saturated carbocycles. The molecule has 46 valence electrons. The Morgan fingerprint density at radius 2 is 2.22 bits per heavy atom. The van der Waals surface area contributed by atoms with Gasteiger partial charge in [-0.2, -0.15) is 0 Å². The lowest BCUT2D eigenvalue weighted by Crippen LogP contribution is -1.81. The average molecular weight is 184 g/mol. The van der Waals surface area contributed by atoms with Crippen molar-refractivity contribution in [2.45, 2.75) is 0 Å². The van der Waals surface area contributed by atoms with Crippen molar-refractivity contribution in [2.75, 3.05) is 5.32 Å². The molecule has 2 heteroatoms. The van der Waals surface area contributed by atoms with Crippen molar-refractivity contribution in [3.8, 4) is 0 Å². The molecule has 2 radical (unpaired) electrons. The number of benzene rings is 1. The zero-order valence-corrected chi connectivity index (χ0v) is 6.35. The molecule has 0 bridgehead atoms. The number of rotatable bonds is 1. The first-order chi connectivity index (χ1) is 4.33. The fourth-order valence-electron chi connectivity index (χ4n) is 0.578. The summed E-state index contributed by atoms with van der Waals surface area (Å²) in [6, 6.07) is 7.66. The lowest BCUT2D eigenvalue weighted by molar-refractivity contribution is 1.57. The van der Waals surface area contributed by atoms with Gasteiger partial charge in [-0.15, -0.1) is 0 Å². The Bertz CT molecular complexity index is 198. The zero-order chi connectivity index (χ0) is 6.69. The molecule has 0 saturated heterocycles. The highest BCUT2D eigenvalue weighted by Gasteiger charge is 1.86. The average Bonchev–Trinajstić information content (AvgIpc) is 1.88. The van der Waals surface area contributed by atoms with Crippen LogP contribution < -0.4 is 5.32 Å². The number of nitrogens with one attached hydrogen (secondary N) is 1. The van der Waals surface area contributed by atoms with Crippen molar-refractivity contribution < 1.29 is 0 Å². The molecule has 1 N–H and O–H groups in total. The minimum absolute atomic E-state index is 0.907. The quantitative estimate of drug-likeness (QED) is 0.661. The van der Waals surface area contributed by atoms with Gasteiger partial charge >= 0.3 is 0 Å². The molecule has 1 aromatic carbocycles. The van der Waals surface area contributed by atoms with Gasteiger partial charge in [0.1, 0.15) is 0 Å². The number of anilines is 1. The Labute approximate surface area is 63.2 Å². The summed E-state index contributed by atoms with van der Waals surface area (Å²) < 4.78 is 1.03. The maximum atomic E-state index is 5.15. The van der Waals surface area contributed by atoms with Gasteiger partial charge in [0, 0.05) is 10.2 Å². The second kappa shape index (κ2) is 2.87. The molecule has 0 unspecified atom stereocenters.